The van der Waals surface area contributed by atoms with E-state index in [0.717, 1.165) is 31.1 Å². The molecule has 130 valence electrons. The third-order valence-corrected chi connectivity index (χ3v) is 4.41. The predicted octanol–water partition coefficient (Wildman–Crippen LogP) is 1.69. The van der Waals surface area contributed by atoms with Crippen LogP contribution in [-0.4, -0.2) is 51.9 Å². The fourth-order valence-electron chi connectivity index (χ4n) is 3.15. The van der Waals surface area contributed by atoms with Crippen LogP contribution >= 0.6 is 0 Å². The first kappa shape index (κ1) is 17.7. The third-order valence-electron chi connectivity index (χ3n) is 4.41. The molecule has 0 saturated carbocycles. The van der Waals surface area contributed by atoms with Crippen molar-refractivity contribution in [3.63, 3.8) is 0 Å². The molecule has 2 amide bonds. The molecule has 1 fully saturated rings. The first-order valence-electron chi connectivity index (χ1n) is 8.67. The molecule has 23 heavy (non-hydrogen) atoms. The fourth-order valence-corrected chi connectivity index (χ4v) is 3.15. The Hall–Kier alpha value is -1.63. The van der Waals surface area contributed by atoms with E-state index in [-0.39, 0.29) is 12.1 Å². The summed E-state index contributed by atoms with van der Waals surface area (Å²) in [6.07, 6.45) is 6.46. The first-order chi connectivity index (χ1) is 11.1. The molecule has 1 aliphatic rings. The number of piperidine rings is 1. The second-order valence-corrected chi connectivity index (χ2v) is 6.68. The standard InChI is InChI=1S/C16H30N6O/c1-13-7-6-10-22(11-13)9-5-4-8-17-16(23)19-14(2)15-20-18-12-21(15)3/h12-14H,4-11H2,1-3H3,(H2,17,19,23)/t13-,14+/m0/s1. The number of nitrogens with one attached hydrogen (secondary N) is 2. The van der Waals surface area contributed by atoms with E-state index in [9.17, 15) is 4.79 Å². The number of rotatable bonds is 7. The Morgan fingerprint density at radius 1 is 1.48 bits per heavy atom. The summed E-state index contributed by atoms with van der Waals surface area (Å²) in [4.78, 5) is 14.4. The normalized spacial score (nSPS) is 20.2. The van der Waals surface area contributed by atoms with E-state index in [4.69, 9.17) is 0 Å². The number of likely N-dealkylation sites (tertiary alicyclic amines) is 1. The highest BCUT2D eigenvalue weighted by molar-refractivity contribution is 5.74. The number of hydrogen-bond donors (Lipinski definition) is 2. The molecule has 1 aromatic heterocycles. The number of amides is 2. The molecular weight excluding hydrogens is 292 g/mol. The lowest BCUT2D eigenvalue weighted by Gasteiger charge is -2.30. The lowest BCUT2D eigenvalue weighted by Crippen LogP contribution is -2.38. The largest absolute Gasteiger partial charge is 0.338 e. The summed E-state index contributed by atoms with van der Waals surface area (Å²) in [5, 5.41) is 13.6. The zero-order valence-electron chi connectivity index (χ0n) is 14.6. The van der Waals surface area contributed by atoms with Crippen LogP contribution in [0.15, 0.2) is 6.33 Å². The maximum absolute atomic E-state index is 11.9. The molecule has 0 aromatic carbocycles. The van der Waals surface area contributed by atoms with E-state index < -0.39 is 0 Å². The van der Waals surface area contributed by atoms with Gasteiger partial charge < -0.3 is 20.1 Å². The highest BCUT2D eigenvalue weighted by atomic mass is 16.2. The van der Waals surface area contributed by atoms with E-state index in [1.807, 2.05) is 18.5 Å². The number of hydrogen-bond acceptors (Lipinski definition) is 4. The molecule has 7 heteroatoms. The quantitative estimate of drug-likeness (QED) is 0.749. The molecule has 0 spiro atoms. The minimum absolute atomic E-state index is 0.146. The van der Waals surface area contributed by atoms with Crippen molar-refractivity contribution in [2.24, 2.45) is 13.0 Å². The molecule has 1 aromatic rings. The average Bonchev–Trinajstić information content (AvgIpc) is 2.93. The van der Waals surface area contributed by atoms with Crippen molar-refractivity contribution in [3.8, 4) is 0 Å². The van der Waals surface area contributed by atoms with Crippen LogP contribution in [0.4, 0.5) is 4.79 Å². The van der Waals surface area contributed by atoms with E-state index in [1.54, 1.807) is 6.33 Å². The van der Waals surface area contributed by atoms with Crippen LogP contribution in [0.3, 0.4) is 0 Å². The average molecular weight is 322 g/mol. The van der Waals surface area contributed by atoms with Crippen molar-refractivity contribution in [1.29, 1.82) is 0 Å². The molecule has 0 bridgehead atoms. The molecule has 7 nitrogen and oxygen atoms in total. The molecule has 0 unspecified atom stereocenters. The van der Waals surface area contributed by atoms with E-state index >= 15 is 0 Å². The van der Waals surface area contributed by atoms with Crippen molar-refractivity contribution in [2.75, 3.05) is 26.2 Å². The van der Waals surface area contributed by atoms with Gasteiger partial charge in [-0.1, -0.05) is 6.92 Å². The summed E-state index contributed by atoms with van der Waals surface area (Å²) < 4.78 is 1.81. The Balaban J connectivity index is 1.55. The lowest BCUT2D eigenvalue weighted by molar-refractivity contribution is 0.181. The monoisotopic (exact) mass is 322 g/mol. The summed E-state index contributed by atoms with van der Waals surface area (Å²) in [6, 6.07) is -0.301. The number of nitrogens with zero attached hydrogens (tertiary/aromatic N) is 4. The second kappa shape index (κ2) is 8.86. The van der Waals surface area contributed by atoms with Crippen LogP contribution in [0.2, 0.25) is 0 Å². The highest BCUT2D eigenvalue weighted by Gasteiger charge is 2.16. The molecule has 2 rings (SSSR count). The van der Waals surface area contributed by atoms with Crippen LogP contribution in [-0.2, 0) is 7.05 Å². The van der Waals surface area contributed by atoms with E-state index in [2.05, 4.69) is 32.7 Å². The van der Waals surface area contributed by atoms with Gasteiger partial charge in [0.25, 0.3) is 0 Å². The zero-order chi connectivity index (χ0) is 16.7. The summed E-state index contributed by atoms with van der Waals surface area (Å²) in [7, 11) is 1.87. The molecule has 0 aliphatic carbocycles. The van der Waals surface area contributed by atoms with Crippen molar-refractivity contribution in [3.05, 3.63) is 12.2 Å². The minimum atomic E-state index is -0.155. The molecule has 2 heterocycles. The van der Waals surface area contributed by atoms with Gasteiger partial charge in [0.05, 0.1) is 6.04 Å². The predicted molar refractivity (Wildman–Crippen MR) is 90.0 cm³/mol. The van der Waals surface area contributed by atoms with Crippen molar-refractivity contribution < 1.29 is 4.79 Å². The summed E-state index contributed by atoms with van der Waals surface area (Å²) in [5.74, 6) is 1.58. The van der Waals surface area contributed by atoms with Gasteiger partial charge in [-0.15, -0.1) is 10.2 Å². The van der Waals surface area contributed by atoms with Gasteiger partial charge in [0, 0.05) is 20.1 Å². The zero-order valence-corrected chi connectivity index (χ0v) is 14.6. The molecule has 0 radical (unpaired) electrons. The van der Waals surface area contributed by atoms with Gasteiger partial charge in [-0.3, -0.25) is 0 Å². The molecule has 2 N–H and O–H groups in total. The number of carbonyl (C=O) groups excluding carboxylic acids is 1. The first-order valence-corrected chi connectivity index (χ1v) is 8.67. The number of carbonyl (C=O) groups is 1. The summed E-state index contributed by atoms with van der Waals surface area (Å²) >= 11 is 0. The fraction of sp³-hybridized carbons (Fsp3) is 0.812. The highest BCUT2D eigenvalue weighted by Crippen LogP contribution is 2.15. The lowest BCUT2D eigenvalue weighted by atomic mass is 10.0. The third kappa shape index (κ3) is 5.82. The second-order valence-electron chi connectivity index (χ2n) is 6.68. The van der Waals surface area contributed by atoms with Crippen LogP contribution in [0.1, 0.15) is 51.4 Å². The summed E-state index contributed by atoms with van der Waals surface area (Å²) in [5.41, 5.74) is 0. The smallest absolute Gasteiger partial charge is 0.315 e. The van der Waals surface area contributed by atoms with Crippen LogP contribution in [0.25, 0.3) is 0 Å². The van der Waals surface area contributed by atoms with Crippen LogP contribution in [0, 0.1) is 5.92 Å². The minimum Gasteiger partial charge on any atom is -0.338 e. The van der Waals surface area contributed by atoms with Crippen molar-refractivity contribution >= 4 is 6.03 Å². The topological polar surface area (TPSA) is 75.1 Å². The summed E-state index contributed by atoms with van der Waals surface area (Å²) in [6.45, 7) is 8.54. The van der Waals surface area contributed by atoms with Gasteiger partial charge in [0.1, 0.15) is 6.33 Å². The molecule has 1 aliphatic heterocycles. The van der Waals surface area contributed by atoms with Gasteiger partial charge in [0.2, 0.25) is 0 Å². The number of aromatic nitrogens is 3. The van der Waals surface area contributed by atoms with Crippen molar-refractivity contribution in [2.45, 2.75) is 45.6 Å². The maximum Gasteiger partial charge on any atom is 0.315 e. The van der Waals surface area contributed by atoms with E-state index in [0.29, 0.717) is 6.54 Å². The van der Waals surface area contributed by atoms with Crippen molar-refractivity contribution in [1.82, 2.24) is 30.3 Å². The van der Waals surface area contributed by atoms with Crippen LogP contribution in [0.5, 0.6) is 0 Å². The van der Waals surface area contributed by atoms with Crippen LogP contribution < -0.4 is 10.6 Å². The molecule has 1 saturated heterocycles. The van der Waals surface area contributed by atoms with Gasteiger partial charge >= 0.3 is 6.03 Å². The van der Waals surface area contributed by atoms with Gasteiger partial charge in [-0.25, -0.2) is 4.79 Å². The Kier molecular flexibility index (Phi) is 6.83. The Labute approximate surface area is 138 Å². The maximum atomic E-state index is 11.9. The van der Waals surface area contributed by atoms with Gasteiger partial charge in [0.15, 0.2) is 5.82 Å². The molecule has 2 atom stereocenters. The van der Waals surface area contributed by atoms with Gasteiger partial charge in [-0.2, -0.15) is 0 Å². The number of urea groups is 1. The molecular formula is C16H30N6O. The Morgan fingerprint density at radius 2 is 2.30 bits per heavy atom. The number of aryl methyl sites for hydroxylation is 1. The Morgan fingerprint density at radius 3 is 3.00 bits per heavy atom. The van der Waals surface area contributed by atoms with Gasteiger partial charge in [-0.05, 0) is 51.6 Å². The number of unbranched alkanes of at least 4 members (excludes halogenated alkanes) is 1. The van der Waals surface area contributed by atoms with E-state index in [1.165, 1.54) is 25.9 Å². The Bertz CT molecular complexity index is 489. The SMILES string of the molecule is C[C@H]1CCCN(CCCCNC(=O)N[C@H](C)c2nncn2C)C1.